The number of fused-ring (bicyclic) bond motifs is 1. The van der Waals surface area contributed by atoms with Gasteiger partial charge in [0.05, 0.1) is 22.3 Å². The van der Waals surface area contributed by atoms with E-state index in [0.29, 0.717) is 32.5 Å². The number of aliphatic hydroxyl groups is 1. The Morgan fingerprint density at radius 1 is 1.24 bits per heavy atom. The summed E-state index contributed by atoms with van der Waals surface area (Å²) in [4.78, 5) is 4.35. The minimum Gasteiger partial charge on any atom is -0.507 e. The van der Waals surface area contributed by atoms with Crippen LogP contribution in [-0.4, -0.2) is 19.6 Å². The van der Waals surface area contributed by atoms with Crippen LogP contribution >= 0.6 is 23.2 Å². The third-order valence-electron chi connectivity index (χ3n) is 3.47. The van der Waals surface area contributed by atoms with Gasteiger partial charge in [-0.1, -0.05) is 23.2 Å². The number of hydrogen-bond acceptors (Lipinski definition) is 3. The molecule has 1 aromatic carbocycles. The quantitative estimate of drug-likeness (QED) is 0.754. The van der Waals surface area contributed by atoms with Crippen LogP contribution in [0.4, 0.5) is 0 Å². The lowest BCUT2D eigenvalue weighted by molar-refractivity contribution is 0.276. The first-order valence-electron chi connectivity index (χ1n) is 6.28. The number of pyridine rings is 1. The maximum absolute atomic E-state index is 10.0. The molecule has 6 heteroatoms. The zero-order valence-electron chi connectivity index (χ0n) is 11.1. The summed E-state index contributed by atoms with van der Waals surface area (Å²) < 4.78 is 1.87. The molecule has 0 amide bonds. The fraction of sp³-hybridized carbons (Fsp3) is 0.133. The van der Waals surface area contributed by atoms with Crippen molar-refractivity contribution in [2.24, 2.45) is 0 Å². The van der Waals surface area contributed by atoms with Crippen LogP contribution in [0.2, 0.25) is 10.0 Å². The Hall–Kier alpha value is -1.75. The summed E-state index contributed by atoms with van der Waals surface area (Å²) in [6, 6.07) is 6.66. The largest absolute Gasteiger partial charge is 0.507 e. The molecular formula is C15H12Cl2N2O2. The normalized spacial score (nSPS) is 11.2. The van der Waals surface area contributed by atoms with Crippen molar-refractivity contribution in [3.8, 4) is 16.9 Å². The molecule has 0 aliphatic rings. The Morgan fingerprint density at radius 2 is 2.00 bits per heavy atom. The Bertz CT molecular complexity index is 843. The van der Waals surface area contributed by atoms with Gasteiger partial charge in [0.25, 0.3) is 0 Å². The minimum absolute atomic E-state index is 0.0550. The van der Waals surface area contributed by atoms with E-state index in [0.717, 1.165) is 5.69 Å². The van der Waals surface area contributed by atoms with E-state index in [4.69, 9.17) is 23.2 Å². The van der Waals surface area contributed by atoms with Crippen LogP contribution in [0.3, 0.4) is 0 Å². The fourth-order valence-electron chi connectivity index (χ4n) is 2.34. The van der Waals surface area contributed by atoms with Crippen LogP contribution in [0.1, 0.15) is 11.4 Å². The Kier molecular flexibility index (Phi) is 3.53. The SMILES string of the molecule is Cc1c(CO)nc2cc(-c3c(O)ccc(Cl)c3Cl)ccn12. The molecule has 0 saturated carbocycles. The number of rotatable bonds is 2. The van der Waals surface area contributed by atoms with E-state index in [9.17, 15) is 10.2 Å². The number of aliphatic hydroxyl groups excluding tert-OH is 1. The minimum atomic E-state index is -0.119. The molecule has 0 atom stereocenters. The monoisotopic (exact) mass is 322 g/mol. The third-order valence-corrected chi connectivity index (χ3v) is 4.28. The molecule has 3 rings (SSSR count). The molecule has 0 saturated heterocycles. The Balaban J connectivity index is 2.25. The second-order valence-corrected chi connectivity index (χ2v) is 5.49. The fourth-order valence-corrected chi connectivity index (χ4v) is 2.76. The highest BCUT2D eigenvalue weighted by atomic mass is 35.5. The van der Waals surface area contributed by atoms with E-state index >= 15 is 0 Å². The van der Waals surface area contributed by atoms with Gasteiger partial charge in [-0.15, -0.1) is 0 Å². The molecule has 0 fully saturated rings. The van der Waals surface area contributed by atoms with Gasteiger partial charge in [0, 0.05) is 17.5 Å². The van der Waals surface area contributed by atoms with Crippen molar-refractivity contribution in [1.29, 1.82) is 0 Å². The molecule has 2 aromatic heterocycles. The summed E-state index contributed by atoms with van der Waals surface area (Å²) in [5.74, 6) is 0.0550. The van der Waals surface area contributed by atoms with Crippen molar-refractivity contribution >= 4 is 28.8 Å². The summed E-state index contributed by atoms with van der Waals surface area (Å²) in [6.45, 7) is 1.76. The number of benzene rings is 1. The molecule has 0 bridgehead atoms. The number of hydrogen-bond donors (Lipinski definition) is 2. The molecule has 3 aromatic rings. The average molecular weight is 323 g/mol. The molecule has 0 unspecified atom stereocenters. The highest BCUT2D eigenvalue weighted by molar-refractivity contribution is 6.44. The number of imidazole rings is 1. The molecule has 4 nitrogen and oxygen atoms in total. The van der Waals surface area contributed by atoms with Gasteiger partial charge < -0.3 is 14.6 Å². The summed E-state index contributed by atoms with van der Waals surface area (Å²) in [6.07, 6.45) is 1.82. The van der Waals surface area contributed by atoms with E-state index < -0.39 is 0 Å². The highest BCUT2D eigenvalue weighted by Crippen LogP contribution is 2.40. The van der Waals surface area contributed by atoms with Crippen LogP contribution in [0, 0.1) is 6.92 Å². The predicted molar refractivity (Wildman–Crippen MR) is 83.0 cm³/mol. The van der Waals surface area contributed by atoms with Crippen LogP contribution in [0.25, 0.3) is 16.8 Å². The number of aromatic hydroxyl groups is 1. The van der Waals surface area contributed by atoms with Crippen LogP contribution in [0.15, 0.2) is 30.5 Å². The van der Waals surface area contributed by atoms with Crippen molar-refractivity contribution in [3.05, 3.63) is 51.9 Å². The number of halogens is 2. The van der Waals surface area contributed by atoms with E-state index in [1.807, 2.05) is 23.6 Å². The Morgan fingerprint density at radius 3 is 2.71 bits per heavy atom. The van der Waals surface area contributed by atoms with Gasteiger partial charge >= 0.3 is 0 Å². The van der Waals surface area contributed by atoms with Gasteiger partial charge in [0.1, 0.15) is 11.4 Å². The van der Waals surface area contributed by atoms with Crippen molar-refractivity contribution < 1.29 is 10.2 Å². The van der Waals surface area contributed by atoms with Gasteiger partial charge in [-0.3, -0.25) is 0 Å². The topological polar surface area (TPSA) is 57.8 Å². The zero-order valence-corrected chi connectivity index (χ0v) is 12.7. The molecule has 2 heterocycles. The smallest absolute Gasteiger partial charge is 0.137 e. The Labute approximate surface area is 131 Å². The first kappa shape index (κ1) is 14.2. The lowest BCUT2D eigenvalue weighted by Gasteiger charge is -2.09. The number of phenols is 1. The first-order valence-corrected chi connectivity index (χ1v) is 7.04. The van der Waals surface area contributed by atoms with E-state index in [1.54, 1.807) is 12.1 Å². The number of nitrogens with zero attached hydrogens (tertiary/aromatic N) is 2. The second kappa shape index (κ2) is 5.22. The van der Waals surface area contributed by atoms with E-state index in [1.165, 1.54) is 6.07 Å². The lowest BCUT2D eigenvalue weighted by Crippen LogP contribution is -1.90. The standard InChI is InChI=1S/C15H12Cl2N2O2/c1-8-11(7-20)18-13-6-9(4-5-19(8)13)14-12(21)3-2-10(16)15(14)17/h2-6,20-21H,7H2,1H3. The summed E-state index contributed by atoms with van der Waals surface area (Å²) >= 11 is 12.2. The average Bonchev–Trinajstić information content (AvgIpc) is 2.79. The maximum atomic E-state index is 10.0. The van der Waals surface area contributed by atoms with Gasteiger partial charge in [-0.05, 0) is 36.8 Å². The molecular weight excluding hydrogens is 311 g/mol. The van der Waals surface area contributed by atoms with Crippen molar-refractivity contribution in [2.45, 2.75) is 13.5 Å². The summed E-state index contributed by atoms with van der Waals surface area (Å²) in [5, 5.41) is 20.0. The molecule has 0 aliphatic carbocycles. The molecule has 108 valence electrons. The van der Waals surface area contributed by atoms with E-state index in [-0.39, 0.29) is 12.4 Å². The van der Waals surface area contributed by atoms with Gasteiger partial charge in [-0.25, -0.2) is 4.98 Å². The van der Waals surface area contributed by atoms with Crippen molar-refractivity contribution in [3.63, 3.8) is 0 Å². The van der Waals surface area contributed by atoms with Crippen LogP contribution < -0.4 is 0 Å². The molecule has 2 N–H and O–H groups in total. The predicted octanol–water partition coefficient (Wildman–Crippen LogP) is 3.81. The maximum Gasteiger partial charge on any atom is 0.137 e. The molecule has 0 aliphatic heterocycles. The van der Waals surface area contributed by atoms with Crippen molar-refractivity contribution in [2.75, 3.05) is 0 Å². The second-order valence-electron chi connectivity index (χ2n) is 4.70. The molecule has 0 radical (unpaired) electrons. The molecule has 21 heavy (non-hydrogen) atoms. The van der Waals surface area contributed by atoms with Gasteiger partial charge in [0.2, 0.25) is 0 Å². The van der Waals surface area contributed by atoms with E-state index in [2.05, 4.69) is 4.98 Å². The third kappa shape index (κ3) is 2.25. The molecule has 0 spiro atoms. The zero-order chi connectivity index (χ0) is 15.1. The van der Waals surface area contributed by atoms with Gasteiger partial charge in [0.15, 0.2) is 0 Å². The van der Waals surface area contributed by atoms with Gasteiger partial charge in [-0.2, -0.15) is 0 Å². The first-order chi connectivity index (χ1) is 10.0. The van der Waals surface area contributed by atoms with Crippen LogP contribution in [0.5, 0.6) is 5.75 Å². The summed E-state index contributed by atoms with van der Waals surface area (Å²) in [5.41, 5.74) is 3.35. The van der Waals surface area contributed by atoms with Crippen molar-refractivity contribution in [1.82, 2.24) is 9.38 Å². The highest BCUT2D eigenvalue weighted by Gasteiger charge is 2.14. The number of aryl methyl sites for hydroxylation is 1. The lowest BCUT2D eigenvalue weighted by atomic mass is 10.1. The number of phenolic OH excluding ortho intramolecular Hbond substituents is 1. The number of aromatic nitrogens is 2. The summed E-state index contributed by atoms with van der Waals surface area (Å²) in [7, 11) is 0. The van der Waals surface area contributed by atoms with Crippen LogP contribution in [-0.2, 0) is 6.61 Å².